The summed E-state index contributed by atoms with van der Waals surface area (Å²) in [6.07, 6.45) is 1.35. The van der Waals surface area contributed by atoms with Crippen molar-refractivity contribution in [2.24, 2.45) is 0 Å². The van der Waals surface area contributed by atoms with E-state index >= 15 is 0 Å². The van der Waals surface area contributed by atoms with E-state index < -0.39 is 16.4 Å². The van der Waals surface area contributed by atoms with Gasteiger partial charge in [-0.15, -0.1) is 0 Å². The first-order chi connectivity index (χ1) is 9.38. The Bertz CT molecular complexity index is 546. The number of hydrogen-bond donors (Lipinski definition) is 1. The first-order valence-corrected chi connectivity index (χ1v) is 6.61. The summed E-state index contributed by atoms with van der Waals surface area (Å²) in [5, 5.41) is 20.5. The third kappa shape index (κ3) is 2.27. The predicted molar refractivity (Wildman–Crippen MR) is 73.5 cm³/mol. The molecule has 20 heavy (non-hydrogen) atoms. The monoisotopic (exact) mass is 278 g/mol. The number of rotatable bonds is 4. The maximum Gasteiger partial charge on any atom is 0.323 e. The Morgan fingerprint density at radius 3 is 2.75 bits per heavy atom. The summed E-state index contributed by atoms with van der Waals surface area (Å²) in [5.41, 5.74) is -0.352. The molecule has 0 spiro atoms. The van der Waals surface area contributed by atoms with Crippen LogP contribution < -0.4 is 0 Å². The number of likely N-dealkylation sites (tertiary alicyclic amines) is 1. The lowest BCUT2D eigenvalue weighted by Crippen LogP contribution is -2.48. The maximum atomic E-state index is 11.5. The fraction of sp³-hybridized carbons (Fsp3) is 0.500. The molecule has 1 N–H and O–H groups in total. The second-order valence-electron chi connectivity index (χ2n) is 5.37. The fourth-order valence-electron chi connectivity index (χ4n) is 3.01. The van der Waals surface area contributed by atoms with Gasteiger partial charge in [0.2, 0.25) is 0 Å². The van der Waals surface area contributed by atoms with Crippen LogP contribution >= 0.6 is 0 Å². The molecule has 2 unspecified atom stereocenters. The highest BCUT2D eigenvalue weighted by molar-refractivity contribution is 5.78. The second-order valence-corrected chi connectivity index (χ2v) is 5.37. The normalized spacial score (nSPS) is 24.5. The van der Waals surface area contributed by atoms with Gasteiger partial charge in [0.05, 0.1) is 4.92 Å². The molecule has 108 valence electrons. The lowest BCUT2D eigenvalue weighted by molar-refractivity contribution is -0.386. The van der Waals surface area contributed by atoms with Crippen LogP contribution in [0.4, 0.5) is 5.69 Å². The highest BCUT2D eigenvalue weighted by Crippen LogP contribution is 2.39. The van der Waals surface area contributed by atoms with Crippen molar-refractivity contribution in [3.63, 3.8) is 0 Å². The van der Waals surface area contributed by atoms with Crippen molar-refractivity contribution in [3.05, 3.63) is 39.9 Å². The van der Waals surface area contributed by atoms with Gasteiger partial charge in [-0.3, -0.25) is 19.8 Å². The summed E-state index contributed by atoms with van der Waals surface area (Å²) in [4.78, 5) is 24.0. The topological polar surface area (TPSA) is 83.7 Å². The van der Waals surface area contributed by atoms with Crippen LogP contribution in [0.25, 0.3) is 0 Å². The zero-order valence-corrected chi connectivity index (χ0v) is 11.6. The summed E-state index contributed by atoms with van der Waals surface area (Å²) in [6.45, 7) is 4.15. The summed E-state index contributed by atoms with van der Waals surface area (Å²) < 4.78 is 0. The molecule has 0 bridgehead atoms. The molecule has 1 aromatic rings. The highest BCUT2D eigenvalue weighted by Gasteiger charge is 2.46. The van der Waals surface area contributed by atoms with Gasteiger partial charge in [-0.2, -0.15) is 0 Å². The molecule has 0 saturated carbocycles. The van der Waals surface area contributed by atoms with E-state index in [9.17, 15) is 20.0 Å². The average Bonchev–Trinajstić information content (AvgIpc) is 2.81. The number of carbonyl (C=O) groups is 1. The number of nitro groups is 1. The minimum absolute atomic E-state index is 0.0413. The van der Waals surface area contributed by atoms with Crippen molar-refractivity contribution in [3.8, 4) is 0 Å². The number of benzene rings is 1. The Hall–Kier alpha value is -1.95. The molecule has 0 radical (unpaired) electrons. The van der Waals surface area contributed by atoms with Crippen LogP contribution in [0.1, 0.15) is 38.3 Å². The van der Waals surface area contributed by atoms with E-state index in [1.807, 2.05) is 11.8 Å². The number of nitrogens with zero attached hydrogens (tertiary/aromatic N) is 2. The molecule has 6 heteroatoms. The molecule has 0 amide bonds. The fourth-order valence-corrected chi connectivity index (χ4v) is 3.01. The Morgan fingerprint density at radius 1 is 1.50 bits per heavy atom. The maximum absolute atomic E-state index is 11.5. The van der Waals surface area contributed by atoms with Gasteiger partial charge in [0, 0.05) is 17.7 Å². The summed E-state index contributed by atoms with van der Waals surface area (Å²) in [5.74, 6) is -0.875. The number of nitro benzene ring substituents is 1. The molecule has 1 aromatic carbocycles. The number of carboxylic acid groups (broad SMARTS) is 1. The van der Waals surface area contributed by atoms with Crippen molar-refractivity contribution in [2.45, 2.75) is 38.3 Å². The quantitative estimate of drug-likeness (QED) is 0.676. The van der Waals surface area contributed by atoms with Gasteiger partial charge in [0.15, 0.2) is 0 Å². The zero-order chi connectivity index (χ0) is 14.9. The molecule has 0 aliphatic carbocycles. The molecule has 1 heterocycles. The standard InChI is InChI=1S/C14H18N2O4/c1-10(11-6-3-4-7-12(11)16(19)20)15-9-5-8-14(15,2)13(17)18/h3-4,6-7,10H,5,8-9H2,1-2H3,(H,17,18). The van der Waals surface area contributed by atoms with Gasteiger partial charge in [-0.1, -0.05) is 18.2 Å². The molecule has 1 aliphatic heterocycles. The van der Waals surface area contributed by atoms with Crippen molar-refractivity contribution < 1.29 is 14.8 Å². The van der Waals surface area contributed by atoms with Gasteiger partial charge < -0.3 is 5.11 Å². The van der Waals surface area contributed by atoms with E-state index in [1.165, 1.54) is 6.07 Å². The Labute approximate surface area is 117 Å². The average molecular weight is 278 g/mol. The van der Waals surface area contributed by atoms with E-state index in [1.54, 1.807) is 25.1 Å². The molecule has 1 aliphatic rings. The molecule has 1 saturated heterocycles. The molecular formula is C14H18N2O4. The van der Waals surface area contributed by atoms with Crippen LogP contribution in [-0.4, -0.2) is 33.0 Å². The van der Waals surface area contributed by atoms with Crippen LogP contribution in [-0.2, 0) is 4.79 Å². The largest absolute Gasteiger partial charge is 0.480 e. The summed E-state index contributed by atoms with van der Waals surface area (Å²) in [7, 11) is 0. The number of hydrogen-bond acceptors (Lipinski definition) is 4. The van der Waals surface area contributed by atoms with Gasteiger partial charge in [0.1, 0.15) is 5.54 Å². The van der Waals surface area contributed by atoms with E-state index in [0.29, 0.717) is 18.5 Å². The van der Waals surface area contributed by atoms with Crippen molar-refractivity contribution >= 4 is 11.7 Å². The van der Waals surface area contributed by atoms with E-state index in [0.717, 1.165) is 6.42 Å². The first kappa shape index (κ1) is 14.5. The lowest BCUT2D eigenvalue weighted by Gasteiger charge is -2.36. The third-order valence-electron chi connectivity index (χ3n) is 4.21. The van der Waals surface area contributed by atoms with Crippen LogP contribution in [0, 0.1) is 10.1 Å². The van der Waals surface area contributed by atoms with Crippen molar-refractivity contribution in [1.82, 2.24) is 4.90 Å². The molecule has 1 fully saturated rings. The third-order valence-corrected chi connectivity index (χ3v) is 4.21. The Kier molecular flexibility index (Phi) is 3.76. The molecule has 6 nitrogen and oxygen atoms in total. The minimum Gasteiger partial charge on any atom is -0.480 e. The van der Waals surface area contributed by atoms with Crippen molar-refractivity contribution in [2.75, 3.05) is 6.54 Å². The van der Waals surface area contributed by atoms with Gasteiger partial charge in [-0.05, 0) is 33.2 Å². The van der Waals surface area contributed by atoms with Crippen LogP contribution in [0.15, 0.2) is 24.3 Å². The van der Waals surface area contributed by atoms with Crippen LogP contribution in [0.3, 0.4) is 0 Å². The Morgan fingerprint density at radius 2 is 2.15 bits per heavy atom. The molecule has 2 atom stereocenters. The lowest BCUT2D eigenvalue weighted by atomic mass is 9.95. The SMILES string of the molecule is CC(c1ccccc1[N+](=O)[O-])N1CCCC1(C)C(=O)O. The highest BCUT2D eigenvalue weighted by atomic mass is 16.6. The van der Waals surface area contributed by atoms with Gasteiger partial charge >= 0.3 is 5.97 Å². The Balaban J connectivity index is 2.39. The summed E-state index contributed by atoms with van der Waals surface area (Å²) >= 11 is 0. The molecule has 2 rings (SSSR count). The number of carboxylic acids is 1. The second kappa shape index (κ2) is 5.20. The van der Waals surface area contributed by atoms with Crippen LogP contribution in [0.5, 0.6) is 0 Å². The summed E-state index contributed by atoms with van der Waals surface area (Å²) in [6, 6.07) is 6.21. The van der Waals surface area contributed by atoms with E-state index in [4.69, 9.17) is 0 Å². The molecular weight excluding hydrogens is 260 g/mol. The van der Waals surface area contributed by atoms with Gasteiger partial charge in [-0.25, -0.2) is 0 Å². The number of para-hydroxylation sites is 1. The minimum atomic E-state index is -0.955. The van der Waals surface area contributed by atoms with Crippen molar-refractivity contribution in [1.29, 1.82) is 0 Å². The number of aliphatic carboxylic acids is 1. The van der Waals surface area contributed by atoms with E-state index in [-0.39, 0.29) is 11.7 Å². The predicted octanol–water partition coefficient (Wildman–Crippen LogP) is 2.59. The van der Waals surface area contributed by atoms with Crippen LogP contribution in [0.2, 0.25) is 0 Å². The van der Waals surface area contributed by atoms with Gasteiger partial charge in [0.25, 0.3) is 5.69 Å². The zero-order valence-electron chi connectivity index (χ0n) is 11.6. The van der Waals surface area contributed by atoms with E-state index in [2.05, 4.69) is 0 Å². The smallest absolute Gasteiger partial charge is 0.323 e. The first-order valence-electron chi connectivity index (χ1n) is 6.61. The molecule has 0 aromatic heterocycles.